The molecular weight excluding hydrogens is 655 g/mol. The third-order valence-corrected chi connectivity index (χ3v) is 10.00. The summed E-state index contributed by atoms with van der Waals surface area (Å²) in [5.74, 6) is -0.102. The van der Waals surface area contributed by atoms with E-state index in [0.717, 1.165) is 32.0 Å². The lowest BCUT2D eigenvalue weighted by Gasteiger charge is -2.34. The Hall–Kier alpha value is -4.99. The van der Waals surface area contributed by atoms with E-state index in [-0.39, 0.29) is 28.9 Å². The van der Waals surface area contributed by atoms with E-state index in [4.69, 9.17) is 0 Å². The molecule has 1 fully saturated rings. The molecule has 1 saturated heterocycles. The number of imidazole rings is 1. The number of piperidine rings is 1. The summed E-state index contributed by atoms with van der Waals surface area (Å²) in [4.78, 5) is 35.0. The number of aryl methyl sites for hydroxylation is 2. The standard InChI is InChI=1S/C39H42F3N7O2/c1-5-36-45-33-21-30(31(39(40,41)42)22-35(33)47(36)4)28-8-6-9-34-29(28)15-19-49(34)38(51)25-11-12-32(26(20-25)23-43)46-37(50)10-7-16-44-27-13-17-48(18-14-27)24(2)3/h6-12,20-22,24,27,44H,5,13-19H2,1-4H3,(H,46,50)/b10-7+. The summed E-state index contributed by atoms with van der Waals surface area (Å²) < 4.78 is 45.1. The predicted octanol–water partition coefficient (Wildman–Crippen LogP) is 6.85. The van der Waals surface area contributed by atoms with Crippen LogP contribution in [0.15, 0.2) is 60.7 Å². The predicted molar refractivity (Wildman–Crippen MR) is 193 cm³/mol. The number of anilines is 2. The normalized spacial score (nSPS) is 15.5. The molecule has 0 spiro atoms. The molecule has 4 aromatic rings. The van der Waals surface area contributed by atoms with E-state index in [1.54, 1.807) is 35.9 Å². The molecule has 3 heterocycles. The number of rotatable bonds is 9. The first-order chi connectivity index (χ1) is 24.4. The summed E-state index contributed by atoms with van der Waals surface area (Å²) in [6.07, 6.45) is 1.61. The van der Waals surface area contributed by atoms with Crippen molar-refractivity contribution in [2.24, 2.45) is 7.05 Å². The second kappa shape index (κ2) is 14.7. The SMILES string of the molecule is CCc1nc2cc(-c3cccc4c3CCN4C(=O)c3ccc(NC(=O)/C=C/CNC4CCN(C(C)C)CC4)c(C#N)c3)c(C(F)(F)F)cc2n1C. The van der Waals surface area contributed by atoms with Gasteiger partial charge in [0, 0.05) is 56.0 Å². The van der Waals surface area contributed by atoms with Gasteiger partial charge in [-0.2, -0.15) is 18.4 Å². The van der Waals surface area contributed by atoms with Crippen molar-refractivity contribution in [2.45, 2.75) is 64.7 Å². The van der Waals surface area contributed by atoms with Crippen molar-refractivity contribution in [1.82, 2.24) is 19.8 Å². The van der Waals surface area contributed by atoms with Crippen molar-refractivity contribution in [2.75, 3.05) is 36.4 Å². The van der Waals surface area contributed by atoms with Crippen LogP contribution in [0.3, 0.4) is 0 Å². The first-order valence-corrected chi connectivity index (χ1v) is 17.4. The minimum absolute atomic E-state index is 0.0190. The van der Waals surface area contributed by atoms with Gasteiger partial charge in [0.25, 0.3) is 5.91 Å². The Balaban J connectivity index is 1.17. The van der Waals surface area contributed by atoms with Gasteiger partial charge in [-0.25, -0.2) is 4.98 Å². The summed E-state index contributed by atoms with van der Waals surface area (Å²) in [5.41, 5.74) is 2.31. The van der Waals surface area contributed by atoms with E-state index in [2.05, 4.69) is 40.4 Å². The zero-order chi connectivity index (χ0) is 36.4. The van der Waals surface area contributed by atoms with Gasteiger partial charge in [0.05, 0.1) is 27.8 Å². The third-order valence-electron chi connectivity index (χ3n) is 10.00. The highest BCUT2D eigenvalue weighted by Gasteiger charge is 2.37. The maximum absolute atomic E-state index is 14.5. The highest BCUT2D eigenvalue weighted by molar-refractivity contribution is 6.09. The number of aromatic nitrogens is 2. The van der Waals surface area contributed by atoms with Crippen LogP contribution < -0.4 is 15.5 Å². The quantitative estimate of drug-likeness (QED) is 0.185. The molecule has 2 amide bonds. The number of alkyl halides is 3. The van der Waals surface area contributed by atoms with Gasteiger partial charge in [0.15, 0.2) is 0 Å². The van der Waals surface area contributed by atoms with Crippen molar-refractivity contribution in [3.05, 3.63) is 88.8 Å². The molecule has 2 N–H and O–H groups in total. The summed E-state index contributed by atoms with van der Waals surface area (Å²) in [7, 11) is 1.71. The van der Waals surface area contributed by atoms with Gasteiger partial charge < -0.3 is 25.0 Å². The number of carbonyl (C=O) groups excluding carboxylic acids is 2. The van der Waals surface area contributed by atoms with Crippen LogP contribution in [0, 0.1) is 11.3 Å². The first kappa shape index (κ1) is 35.8. The van der Waals surface area contributed by atoms with Crippen LogP contribution in [0.4, 0.5) is 24.5 Å². The lowest BCUT2D eigenvalue weighted by atomic mass is 9.93. The van der Waals surface area contributed by atoms with Crippen LogP contribution in [0.25, 0.3) is 22.2 Å². The largest absolute Gasteiger partial charge is 0.417 e. The highest BCUT2D eigenvalue weighted by atomic mass is 19.4. The minimum Gasteiger partial charge on any atom is -0.331 e. The molecule has 2 aliphatic rings. The molecule has 3 aromatic carbocycles. The van der Waals surface area contributed by atoms with Crippen LogP contribution in [0.5, 0.6) is 0 Å². The molecule has 266 valence electrons. The number of nitrogens with zero attached hydrogens (tertiary/aromatic N) is 5. The van der Waals surface area contributed by atoms with E-state index in [0.29, 0.717) is 65.1 Å². The Kier molecular flexibility index (Phi) is 10.3. The topological polar surface area (TPSA) is 106 Å². The number of nitrogens with one attached hydrogen (secondary N) is 2. The number of fused-ring (bicyclic) bond motifs is 2. The Bertz CT molecular complexity index is 2030. The van der Waals surface area contributed by atoms with Crippen LogP contribution in [-0.4, -0.2) is 64.5 Å². The molecule has 0 saturated carbocycles. The Morgan fingerprint density at radius 2 is 1.84 bits per heavy atom. The highest BCUT2D eigenvalue weighted by Crippen LogP contribution is 2.44. The summed E-state index contributed by atoms with van der Waals surface area (Å²) in [6.45, 7) is 9.21. The Morgan fingerprint density at radius 1 is 1.08 bits per heavy atom. The van der Waals surface area contributed by atoms with Crippen LogP contribution in [-0.2, 0) is 30.9 Å². The molecule has 9 nitrogen and oxygen atoms in total. The van der Waals surface area contributed by atoms with Crippen LogP contribution in [0.2, 0.25) is 0 Å². The number of hydrogen-bond acceptors (Lipinski definition) is 6. The Morgan fingerprint density at radius 3 is 2.53 bits per heavy atom. The number of carbonyl (C=O) groups is 2. The molecule has 0 bridgehead atoms. The second-order valence-corrected chi connectivity index (χ2v) is 13.4. The number of halogens is 3. The summed E-state index contributed by atoms with van der Waals surface area (Å²) in [6, 6.07) is 15.2. The molecule has 12 heteroatoms. The lowest BCUT2D eigenvalue weighted by Crippen LogP contribution is -2.45. The Labute approximate surface area is 295 Å². The van der Waals surface area contributed by atoms with E-state index in [1.807, 2.05) is 6.92 Å². The fraction of sp³-hybridized carbons (Fsp3) is 0.385. The second-order valence-electron chi connectivity index (χ2n) is 13.4. The van der Waals surface area contributed by atoms with Gasteiger partial charge in [-0.3, -0.25) is 9.59 Å². The molecule has 0 radical (unpaired) electrons. The molecule has 1 aromatic heterocycles. The molecule has 6 rings (SSSR count). The van der Waals surface area contributed by atoms with E-state index in [9.17, 15) is 28.0 Å². The zero-order valence-corrected chi connectivity index (χ0v) is 29.3. The number of nitriles is 1. The maximum Gasteiger partial charge on any atom is 0.417 e. The van der Waals surface area contributed by atoms with Crippen molar-refractivity contribution < 1.29 is 22.8 Å². The van der Waals surface area contributed by atoms with Crippen LogP contribution in [0.1, 0.15) is 66.5 Å². The van der Waals surface area contributed by atoms with Gasteiger partial charge in [-0.15, -0.1) is 0 Å². The minimum atomic E-state index is -4.61. The van der Waals surface area contributed by atoms with E-state index in [1.165, 1.54) is 35.2 Å². The van der Waals surface area contributed by atoms with Gasteiger partial charge in [-0.1, -0.05) is 25.1 Å². The third kappa shape index (κ3) is 7.41. The molecule has 0 aliphatic carbocycles. The molecule has 0 atom stereocenters. The smallest absolute Gasteiger partial charge is 0.331 e. The van der Waals surface area contributed by atoms with Gasteiger partial charge in [0.1, 0.15) is 11.9 Å². The zero-order valence-electron chi connectivity index (χ0n) is 29.3. The van der Waals surface area contributed by atoms with E-state index < -0.39 is 23.6 Å². The summed E-state index contributed by atoms with van der Waals surface area (Å²) >= 11 is 0. The molecule has 0 unspecified atom stereocenters. The molecule has 51 heavy (non-hydrogen) atoms. The van der Waals surface area contributed by atoms with E-state index >= 15 is 0 Å². The number of hydrogen-bond donors (Lipinski definition) is 2. The van der Waals surface area contributed by atoms with Crippen molar-refractivity contribution >= 4 is 34.2 Å². The summed E-state index contributed by atoms with van der Waals surface area (Å²) in [5, 5.41) is 16.1. The average molecular weight is 698 g/mol. The lowest BCUT2D eigenvalue weighted by molar-refractivity contribution is -0.137. The number of amides is 2. The fourth-order valence-corrected chi connectivity index (χ4v) is 7.19. The van der Waals surface area contributed by atoms with Gasteiger partial charge in [-0.05, 0) is 99.3 Å². The van der Waals surface area contributed by atoms with Gasteiger partial charge >= 0.3 is 6.18 Å². The molecule has 2 aliphatic heterocycles. The van der Waals surface area contributed by atoms with Gasteiger partial charge in [0.2, 0.25) is 5.91 Å². The number of benzene rings is 3. The van der Waals surface area contributed by atoms with Crippen molar-refractivity contribution in [3.8, 4) is 17.2 Å². The fourth-order valence-electron chi connectivity index (χ4n) is 7.19. The van der Waals surface area contributed by atoms with Crippen LogP contribution >= 0.6 is 0 Å². The van der Waals surface area contributed by atoms with Crippen molar-refractivity contribution in [1.29, 1.82) is 5.26 Å². The molecular formula is C39H42F3N7O2. The average Bonchev–Trinajstić information content (AvgIpc) is 3.69. The van der Waals surface area contributed by atoms with Crippen molar-refractivity contribution in [3.63, 3.8) is 0 Å². The first-order valence-electron chi connectivity index (χ1n) is 17.4. The number of likely N-dealkylation sites (tertiary alicyclic amines) is 1. The monoisotopic (exact) mass is 697 g/mol. The maximum atomic E-state index is 14.5.